The van der Waals surface area contributed by atoms with Crippen LogP contribution in [0.5, 0.6) is 0 Å². The molecule has 22 heavy (non-hydrogen) atoms. The lowest BCUT2D eigenvalue weighted by Crippen LogP contribution is -2.20. The molecule has 0 aliphatic heterocycles. The second-order valence-electron chi connectivity index (χ2n) is 5.92. The molecule has 2 rings (SSSR count). The zero-order valence-corrected chi connectivity index (χ0v) is 15.1. The van der Waals surface area contributed by atoms with Crippen LogP contribution >= 0.6 is 22.7 Å². The Hall–Kier alpha value is -1.19. The van der Waals surface area contributed by atoms with Crippen LogP contribution in [0.15, 0.2) is 17.6 Å². The van der Waals surface area contributed by atoms with Gasteiger partial charge in [-0.15, -0.1) is 22.7 Å². The summed E-state index contributed by atoms with van der Waals surface area (Å²) >= 11 is 3.43. The third-order valence-electron chi connectivity index (χ3n) is 3.14. The van der Waals surface area contributed by atoms with Crippen molar-refractivity contribution in [1.82, 2.24) is 9.88 Å². The molecule has 0 radical (unpaired) electrons. The third-order valence-corrected chi connectivity index (χ3v) is 5.12. The Morgan fingerprint density at radius 2 is 2.14 bits per heavy atom. The Bertz CT molecular complexity index is 671. The summed E-state index contributed by atoms with van der Waals surface area (Å²) in [6.07, 6.45) is 1.05. The largest absolute Gasteiger partial charge is 0.378 e. The highest BCUT2D eigenvalue weighted by Gasteiger charge is 2.08. The number of likely N-dealkylation sites (N-methyl/N-ethyl adjacent to an activating group) is 1. The molecular formula is C17H22N2OS2. The lowest BCUT2D eigenvalue weighted by molar-refractivity contribution is 0.143. The molecule has 0 aliphatic rings. The molecule has 0 saturated heterocycles. The smallest absolute Gasteiger partial charge is 0.120 e. The quantitative estimate of drug-likeness (QED) is 0.852. The van der Waals surface area contributed by atoms with Crippen molar-refractivity contribution < 1.29 is 5.11 Å². The van der Waals surface area contributed by atoms with Crippen LogP contribution < -0.4 is 0 Å². The van der Waals surface area contributed by atoms with Crippen molar-refractivity contribution in [3.63, 3.8) is 0 Å². The fourth-order valence-corrected chi connectivity index (χ4v) is 3.66. The van der Waals surface area contributed by atoms with Crippen LogP contribution in [0.1, 0.15) is 34.2 Å². The summed E-state index contributed by atoms with van der Waals surface area (Å²) in [5, 5.41) is 9.63. The molecule has 2 heterocycles. The van der Waals surface area contributed by atoms with Crippen LogP contribution in [0.25, 0.3) is 0 Å². The second-order valence-corrected chi connectivity index (χ2v) is 8.03. The average Bonchev–Trinajstić information content (AvgIpc) is 3.02. The highest BCUT2D eigenvalue weighted by molar-refractivity contribution is 7.12. The maximum absolute atomic E-state index is 9.63. The Kier molecular flexibility index (Phi) is 5.76. The zero-order chi connectivity index (χ0) is 16.2. The first kappa shape index (κ1) is 17.2. The van der Waals surface area contributed by atoms with Gasteiger partial charge in [0, 0.05) is 22.8 Å². The van der Waals surface area contributed by atoms with Crippen molar-refractivity contribution in [3.8, 4) is 11.8 Å². The molecule has 0 spiro atoms. The number of rotatable bonds is 5. The van der Waals surface area contributed by atoms with Gasteiger partial charge in [0.2, 0.25) is 0 Å². The van der Waals surface area contributed by atoms with E-state index in [4.69, 9.17) is 0 Å². The van der Waals surface area contributed by atoms with Gasteiger partial charge in [-0.25, -0.2) is 4.98 Å². The van der Waals surface area contributed by atoms with Crippen molar-refractivity contribution in [3.05, 3.63) is 38.0 Å². The van der Waals surface area contributed by atoms with Gasteiger partial charge in [-0.05, 0) is 46.4 Å². The molecule has 0 atom stereocenters. The van der Waals surface area contributed by atoms with Crippen molar-refractivity contribution in [2.24, 2.45) is 0 Å². The van der Waals surface area contributed by atoms with E-state index in [2.05, 4.69) is 41.8 Å². The monoisotopic (exact) mass is 334 g/mol. The minimum Gasteiger partial charge on any atom is -0.378 e. The van der Waals surface area contributed by atoms with E-state index in [1.54, 1.807) is 36.5 Å². The predicted molar refractivity (Wildman–Crippen MR) is 94.4 cm³/mol. The fourth-order valence-electron chi connectivity index (χ4n) is 1.95. The molecule has 2 aromatic heterocycles. The molecule has 0 bridgehead atoms. The average molecular weight is 335 g/mol. The standard InChI is InChI=1S/C17H22N2OS2/c1-13-16(21-12-18-13)8-10-19(4)11-15-6-5-14(22-15)7-9-17(2,3)20/h5-6,12,20H,8,10-11H2,1-4H3. The predicted octanol–water partition coefficient (Wildman–Crippen LogP) is 3.31. The van der Waals surface area contributed by atoms with E-state index in [0.717, 1.165) is 30.1 Å². The van der Waals surface area contributed by atoms with Crippen LogP contribution in [0.2, 0.25) is 0 Å². The summed E-state index contributed by atoms with van der Waals surface area (Å²) in [7, 11) is 2.14. The van der Waals surface area contributed by atoms with Crippen molar-refractivity contribution in [1.29, 1.82) is 0 Å². The van der Waals surface area contributed by atoms with Gasteiger partial charge in [0.1, 0.15) is 5.60 Å². The number of hydrogen-bond donors (Lipinski definition) is 1. The van der Waals surface area contributed by atoms with E-state index in [1.807, 2.05) is 11.6 Å². The van der Waals surface area contributed by atoms with Crippen molar-refractivity contribution in [2.45, 2.75) is 39.3 Å². The van der Waals surface area contributed by atoms with Gasteiger partial charge < -0.3 is 10.0 Å². The summed E-state index contributed by atoms with van der Waals surface area (Å²) < 4.78 is 0. The zero-order valence-electron chi connectivity index (χ0n) is 13.5. The number of aliphatic hydroxyl groups is 1. The van der Waals surface area contributed by atoms with Crippen molar-refractivity contribution >= 4 is 22.7 Å². The van der Waals surface area contributed by atoms with Gasteiger partial charge >= 0.3 is 0 Å². The minimum absolute atomic E-state index is 0.923. The van der Waals surface area contributed by atoms with Crippen LogP contribution in [0.3, 0.4) is 0 Å². The lowest BCUT2D eigenvalue weighted by atomic mass is 10.1. The molecule has 118 valence electrons. The second kappa shape index (κ2) is 7.38. The SMILES string of the molecule is Cc1ncsc1CCN(C)Cc1ccc(C#CC(C)(C)O)s1. The van der Waals surface area contributed by atoms with E-state index in [1.165, 1.54) is 9.75 Å². The van der Waals surface area contributed by atoms with Crippen LogP contribution in [-0.4, -0.2) is 34.2 Å². The first-order valence-corrected chi connectivity index (χ1v) is 8.95. The van der Waals surface area contributed by atoms with E-state index >= 15 is 0 Å². The van der Waals surface area contributed by atoms with Crippen LogP contribution in [-0.2, 0) is 13.0 Å². The normalized spacial score (nSPS) is 11.5. The molecule has 0 aliphatic carbocycles. The number of hydrogen-bond acceptors (Lipinski definition) is 5. The Morgan fingerprint density at radius 3 is 2.77 bits per heavy atom. The molecule has 0 fully saturated rings. The minimum atomic E-state index is -0.937. The van der Waals surface area contributed by atoms with Gasteiger partial charge in [-0.3, -0.25) is 0 Å². The number of thiophene rings is 1. The summed E-state index contributed by atoms with van der Waals surface area (Å²) in [6.45, 7) is 7.41. The first-order chi connectivity index (χ1) is 10.3. The summed E-state index contributed by atoms with van der Waals surface area (Å²) in [6, 6.07) is 4.15. The molecule has 0 unspecified atom stereocenters. The van der Waals surface area contributed by atoms with Crippen LogP contribution in [0.4, 0.5) is 0 Å². The maximum Gasteiger partial charge on any atom is 0.120 e. The molecular weight excluding hydrogens is 312 g/mol. The fraction of sp³-hybridized carbons (Fsp3) is 0.471. The molecule has 0 amide bonds. The molecule has 1 N–H and O–H groups in total. The number of nitrogens with zero attached hydrogens (tertiary/aromatic N) is 2. The summed E-state index contributed by atoms with van der Waals surface area (Å²) in [5.41, 5.74) is 2.13. The molecule has 5 heteroatoms. The maximum atomic E-state index is 9.63. The molecule has 0 saturated carbocycles. The van der Waals surface area contributed by atoms with Gasteiger partial charge in [-0.2, -0.15) is 0 Å². The van der Waals surface area contributed by atoms with Gasteiger partial charge in [0.05, 0.1) is 16.1 Å². The van der Waals surface area contributed by atoms with E-state index < -0.39 is 5.60 Å². The van der Waals surface area contributed by atoms with Gasteiger partial charge in [-0.1, -0.05) is 11.8 Å². The van der Waals surface area contributed by atoms with E-state index in [9.17, 15) is 5.11 Å². The summed E-state index contributed by atoms with van der Waals surface area (Å²) in [5.74, 6) is 5.89. The number of aromatic nitrogens is 1. The summed E-state index contributed by atoms with van der Waals surface area (Å²) in [4.78, 5) is 10.3. The Morgan fingerprint density at radius 1 is 1.36 bits per heavy atom. The first-order valence-electron chi connectivity index (χ1n) is 7.25. The third kappa shape index (κ3) is 5.54. The molecule has 0 aromatic carbocycles. The van der Waals surface area contributed by atoms with E-state index in [0.29, 0.717) is 0 Å². The van der Waals surface area contributed by atoms with Gasteiger partial charge in [0.15, 0.2) is 0 Å². The molecule has 2 aromatic rings. The molecule has 3 nitrogen and oxygen atoms in total. The van der Waals surface area contributed by atoms with Crippen LogP contribution in [0, 0.1) is 18.8 Å². The van der Waals surface area contributed by atoms with Crippen molar-refractivity contribution in [2.75, 3.05) is 13.6 Å². The Balaban J connectivity index is 1.87. The highest BCUT2D eigenvalue weighted by Crippen LogP contribution is 2.18. The van der Waals surface area contributed by atoms with Gasteiger partial charge in [0.25, 0.3) is 0 Å². The number of thiazole rings is 1. The topological polar surface area (TPSA) is 36.4 Å². The van der Waals surface area contributed by atoms with E-state index in [-0.39, 0.29) is 0 Å². The lowest BCUT2D eigenvalue weighted by Gasteiger charge is -2.14. The Labute approximate surface area is 140 Å². The number of aryl methyl sites for hydroxylation is 1. The highest BCUT2D eigenvalue weighted by atomic mass is 32.1.